The van der Waals surface area contributed by atoms with E-state index in [4.69, 9.17) is 4.74 Å². The number of unbranched alkanes of at least 4 members (excludes halogenated alkanes) is 3. The molecule has 7 aliphatic rings. The zero-order valence-corrected chi connectivity index (χ0v) is 50.4. The number of amides is 1. The largest absolute Gasteiger partial charge is 0.744 e. The first-order valence-electron chi connectivity index (χ1n) is 29.7. The lowest BCUT2D eigenvalue weighted by Crippen LogP contribution is -2.69. The number of rotatable bonds is 27. The Morgan fingerprint density at radius 1 is 0.667 bits per heavy atom. The molecule has 5 aliphatic carbocycles. The van der Waals surface area contributed by atoms with Crippen LogP contribution in [0.2, 0.25) is 0 Å². The summed E-state index contributed by atoms with van der Waals surface area (Å²) >= 11 is 0. The van der Waals surface area contributed by atoms with Crippen LogP contribution in [0.15, 0.2) is 125 Å². The number of anilines is 1. The van der Waals surface area contributed by atoms with Gasteiger partial charge in [0.1, 0.15) is 28.2 Å². The van der Waals surface area contributed by atoms with E-state index >= 15 is 0 Å². The second-order valence-electron chi connectivity index (χ2n) is 26.2. The molecule has 1 amide bonds. The fourth-order valence-corrected chi connectivity index (χ4v) is 17.3. The molecule has 0 aromatic heterocycles. The molecule has 0 radical (unpaired) electrons. The molecule has 452 valence electrons. The lowest BCUT2D eigenvalue weighted by atomic mass is 9.35. The molecule has 84 heavy (non-hydrogen) atoms. The third-order valence-electron chi connectivity index (χ3n) is 19.0. The highest BCUT2D eigenvalue weighted by Crippen LogP contribution is 2.74. The van der Waals surface area contributed by atoms with Crippen LogP contribution in [0, 0.1) is 16.2 Å². The second kappa shape index (κ2) is 24.2. The fraction of sp³-hybridized carbons (Fsp3) is 0.523. The van der Waals surface area contributed by atoms with Gasteiger partial charge in [0.05, 0.1) is 16.1 Å². The van der Waals surface area contributed by atoms with Crippen LogP contribution in [-0.4, -0.2) is 99.7 Å². The van der Waals surface area contributed by atoms with Gasteiger partial charge in [0.15, 0.2) is 5.71 Å². The van der Waals surface area contributed by atoms with Gasteiger partial charge in [-0.25, -0.2) is 8.42 Å². The van der Waals surface area contributed by atoms with E-state index in [9.17, 15) is 60.4 Å². The number of hydrogen-bond acceptors (Lipinski definition) is 11. The summed E-state index contributed by atoms with van der Waals surface area (Å²) in [6.07, 6.45) is 18.6. The van der Waals surface area contributed by atoms with Crippen LogP contribution < -0.4 is 15.0 Å². The number of carbonyl (C=O) groups is 4. The van der Waals surface area contributed by atoms with Crippen LogP contribution in [0.25, 0.3) is 0 Å². The highest BCUT2D eigenvalue weighted by Gasteiger charge is 2.68. The van der Waals surface area contributed by atoms with Gasteiger partial charge in [0.25, 0.3) is 10.1 Å². The highest BCUT2D eigenvalue weighted by atomic mass is 32.2. The first-order chi connectivity index (χ1) is 39.6. The maximum Gasteiger partial charge on any atom is 0.303 e. The average molecular weight is 1190 g/mol. The number of para-hydroxylation sites is 2. The third-order valence-corrected chi connectivity index (χ3v) is 20.7. The van der Waals surface area contributed by atoms with Crippen molar-refractivity contribution in [3.63, 3.8) is 0 Å². The number of nitrogens with zero attached hydrogens (tertiary/aromatic N) is 2. The number of nitrogens with one attached hydrogen (secondary N) is 1. The molecule has 2 heterocycles. The SMILES string of the molecule is CC1(C)C(/C=C/C2=C(Oc3ccc(S(=O)(=O)[O-])cc3)C(=C/C=C3\N(CCCCS(=O)(=O)O)c4ccccc4C3(C)C)/CCC2)=[N+](CCCCCC(=O)NC23CC4(CCC(=O)O)CC(CCC(=O)O)(CC(CCC(=O)O)(C4)C2)C3)c2ccccc21. The van der Waals surface area contributed by atoms with Gasteiger partial charge in [-0.1, -0.05) is 56.3 Å². The third kappa shape index (κ3) is 13.8. The molecule has 10 rings (SSSR count). The Hall–Kier alpha value is -6.41. The first kappa shape index (κ1) is 62.1. The zero-order valence-electron chi connectivity index (χ0n) is 48.8. The van der Waals surface area contributed by atoms with Crippen LogP contribution >= 0.6 is 0 Å². The van der Waals surface area contributed by atoms with Gasteiger partial charge in [-0.3, -0.25) is 23.7 Å². The fourth-order valence-electron chi connectivity index (χ4n) is 16.2. The first-order valence-corrected chi connectivity index (χ1v) is 32.7. The molecule has 3 aromatic rings. The summed E-state index contributed by atoms with van der Waals surface area (Å²) in [5.41, 5.74) is 5.44. The summed E-state index contributed by atoms with van der Waals surface area (Å²) in [7, 11) is -8.82. The van der Waals surface area contributed by atoms with Crippen molar-refractivity contribution in [2.45, 2.75) is 184 Å². The Morgan fingerprint density at radius 3 is 1.83 bits per heavy atom. The van der Waals surface area contributed by atoms with Gasteiger partial charge in [0.2, 0.25) is 11.6 Å². The normalized spacial score (nSPS) is 25.9. The van der Waals surface area contributed by atoms with Crippen molar-refractivity contribution >= 4 is 61.1 Å². The Labute approximate surface area is 494 Å². The van der Waals surface area contributed by atoms with Crippen molar-refractivity contribution in [2.24, 2.45) is 16.2 Å². The molecule has 0 unspecified atom stereocenters. The maximum absolute atomic E-state index is 14.2. The molecule has 5 N–H and O–H groups in total. The van der Waals surface area contributed by atoms with E-state index in [0.29, 0.717) is 108 Å². The van der Waals surface area contributed by atoms with E-state index in [1.807, 2.05) is 24.3 Å². The predicted octanol–water partition coefficient (Wildman–Crippen LogP) is 11.7. The molecule has 17 nitrogen and oxygen atoms in total. The quantitative estimate of drug-likeness (QED) is 0.0270. The summed E-state index contributed by atoms with van der Waals surface area (Å²) in [6.45, 7) is 9.90. The van der Waals surface area contributed by atoms with E-state index in [1.165, 1.54) is 29.8 Å². The molecule has 4 bridgehead atoms. The lowest BCUT2D eigenvalue weighted by Gasteiger charge is -2.71. The van der Waals surface area contributed by atoms with E-state index < -0.39 is 70.8 Å². The number of aliphatic carboxylic acids is 3. The van der Waals surface area contributed by atoms with E-state index in [-0.39, 0.29) is 48.7 Å². The van der Waals surface area contributed by atoms with E-state index in [2.05, 4.69) is 91.1 Å². The van der Waals surface area contributed by atoms with Gasteiger partial charge >= 0.3 is 17.9 Å². The van der Waals surface area contributed by atoms with Crippen molar-refractivity contribution in [3.8, 4) is 5.75 Å². The second-order valence-corrected chi connectivity index (χ2v) is 29.1. The number of fused-ring (bicyclic) bond motifs is 2. The van der Waals surface area contributed by atoms with Crippen molar-refractivity contribution in [1.82, 2.24) is 5.32 Å². The smallest absolute Gasteiger partial charge is 0.303 e. The summed E-state index contributed by atoms with van der Waals surface area (Å²) in [5, 5.41) is 32.9. The van der Waals surface area contributed by atoms with Crippen molar-refractivity contribution in [3.05, 3.63) is 131 Å². The van der Waals surface area contributed by atoms with Crippen molar-refractivity contribution < 1.29 is 69.8 Å². The van der Waals surface area contributed by atoms with Gasteiger partial charge in [-0.15, -0.1) is 0 Å². The number of carbonyl (C=O) groups excluding carboxylic acids is 1. The van der Waals surface area contributed by atoms with Crippen LogP contribution in [0.1, 0.15) is 174 Å². The minimum absolute atomic E-state index is 0.0483. The molecule has 0 atom stereocenters. The molecule has 3 aromatic carbocycles. The molecular formula is C65H81N3O14S2. The van der Waals surface area contributed by atoms with Crippen molar-refractivity contribution in [1.29, 1.82) is 0 Å². The molecule has 0 saturated heterocycles. The predicted molar refractivity (Wildman–Crippen MR) is 318 cm³/mol. The molecule has 19 heteroatoms. The lowest BCUT2D eigenvalue weighted by molar-refractivity contribution is -0.438. The van der Waals surface area contributed by atoms with Crippen LogP contribution in [-0.2, 0) is 50.2 Å². The topological polar surface area (TPSA) is 268 Å². The Kier molecular flexibility index (Phi) is 17.9. The Bertz CT molecular complexity index is 3370. The van der Waals surface area contributed by atoms with Crippen LogP contribution in [0.3, 0.4) is 0 Å². The maximum atomic E-state index is 14.2. The summed E-state index contributed by atoms with van der Waals surface area (Å²) in [5.74, 6) is -2.21. The van der Waals surface area contributed by atoms with Crippen LogP contribution in [0.5, 0.6) is 5.75 Å². The Balaban J connectivity index is 0.970. The number of hydrogen-bond donors (Lipinski definition) is 5. The number of carboxylic acid groups (broad SMARTS) is 3. The van der Waals surface area contributed by atoms with E-state index in [1.54, 1.807) is 0 Å². The van der Waals surface area contributed by atoms with Gasteiger partial charge in [-0.2, -0.15) is 13.0 Å². The summed E-state index contributed by atoms with van der Waals surface area (Å²) in [4.78, 5) is 52.0. The van der Waals surface area contributed by atoms with Crippen LogP contribution in [0.4, 0.5) is 11.4 Å². The van der Waals surface area contributed by atoms with E-state index in [0.717, 1.165) is 58.8 Å². The average Bonchev–Trinajstić information content (AvgIpc) is 0.977. The number of benzene rings is 3. The minimum atomic E-state index is -4.71. The number of carboxylic acids is 3. The van der Waals surface area contributed by atoms with Gasteiger partial charge < -0.3 is 34.8 Å². The van der Waals surface area contributed by atoms with Crippen molar-refractivity contribution in [2.75, 3.05) is 23.7 Å². The minimum Gasteiger partial charge on any atom is -0.744 e. The highest BCUT2D eigenvalue weighted by molar-refractivity contribution is 7.86. The van der Waals surface area contributed by atoms with Gasteiger partial charge in [-0.05, 0) is 192 Å². The zero-order chi connectivity index (χ0) is 60.5. The molecule has 0 spiro atoms. The summed E-state index contributed by atoms with van der Waals surface area (Å²) in [6, 6.07) is 21.9. The standard InChI is InChI=1S/C65H81N3O14S2/c1-60(2)49-17-7-9-19-51(49)67(36-11-5-6-21-55(69)66-65-42-62(33-30-56(70)71)39-63(43-65,34-31-57(72)73)41-64(40-62,44-65)35-32-58(74)75)53(60)28-22-45-15-14-16-46(59(45)82-47-24-26-48(27-25-47)84(79,80)81)23-29-54-61(3,4)50-18-8-10-20-52(50)68(54)37-12-13-38-83(76,77)78/h7-10,17-20,22-29H,5-6,11-16,21,30-44H2,1-4H3,(H5-,66,69,70,71,72,73,74,75,76,77,78,79,80,81). The summed E-state index contributed by atoms with van der Waals surface area (Å²) < 4.78 is 77.6. The molecule has 4 saturated carbocycles. The number of allylic oxidation sites excluding steroid dienone is 7. The monoisotopic (exact) mass is 1190 g/mol. The Morgan fingerprint density at radius 2 is 1.25 bits per heavy atom. The number of ether oxygens (including phenoxy) is 1. The molecule has 4 fully saturated rings. The molecular weight excluding hydrogens is 1110 g/mol. The van der Waals surface area contributed by atoms with Gasteiger partial charge in [0, 0.05) is 78.7 Å². The molecule has 2 aliphatic heterocycles.